The van der Waals surface area contributed by atoms with Crippen LogP contribution in [0, 0.1) is 0 Å². The molecule has 0 heterocycles. The molecule has 16 heavy (non-hydrogen) atoms. The highest BCUT2D eigenvalue weighted by molar-refractivity contribution is 5.12. The van der Waals surface area contributed by atoms with Crippen molar-refractivity contribution in [2.24, 2.45) is 0 Å². The normalized spacial score (nSPS) is 16.5. The first kappa shape index (κ1) is 14.9. The average Bonchev–Trinajstić information content (AvgIpc) is 1.99. The van der Waals surface area contributed by atoms with Gasteiger partial charge in [0.25, 0.3) is 6.08 Å². The number of rotatable bonds is 4. The summed E-state index contributed by atoms with van der Waals surface area (Å²) in [5.41, 5.74) is -4.59. The molecule has 0 aliphatic heterocycles. The van der Waals surface area contributed by atoms with Gasteiger partial charge in [-0.3, -0.25) is 0 Å². The van der Waals surface area contributed by atoms with Gasteiger partial charge in [0.1, 0.15) is 0 Å². The van der Waals surface area contributed by atoms with E-state index in [0.29, 0.717) is 6.08 Å². The first-order valence-corrected chi connectivity index (χ1v) is 3.79. The van der Waals surface area contributed by atoms with E-state index in [1.165, 1.54) is 0 Å². The van der Waals surface area contributed by atoms with Crippen molar-refractivity contribution in [2.45, 2.75) is 24.1 Å². The molecule has 8 heteroatoms. The van der Waals surface area contributed by atoms with E-state index in [0.717, 1.165) is 0 Å². The average molecular weight is 252 g/mol. The molecule has 0 radical (unpaired) electrons. The summed E-state index contributed by atoms with van der Waals surface area (Å²) >= 11 is 0. The standard InChI is InChI=1S/C8H7F7O/c1-2-3-6(16,8(13,14)15)7(11,12)4-5(9)10/h2,4,16H,1,3H2. The maximum Gasteiger partial charge on any atom is 0.423 e. The van der Waals surface area contributed by atoms with Gasteiger partial charge in [-0.15, -0.1) is 6.58 Å². The van der Waals surface area contributed by atoms with Crippen molar-refractivity contribution in [3.05, 3.63) is 24.8 Å². The predicted molar refractivity (Wildman–Crippen MR) is 41.1 cm³/mol. The van der Waals surface area contributed by atoms with Crippen molar-refractivity contribution in [2.75, 3.05) is 0 Å². The molecule has 0 fully saturated rings. The van der Waals surface area contributed by atoms with Crippen LogP contribution < -0.4 is 0 Å². The summed E-state index contributed by atoms with van der Waals surface area (Å²) in [7, 11) is 0. The van der Waals surface area contributed by atoms with Gasteiger partial charge in [-0.25, -0.2) is 0 Å². The third kappa shape index (κ3) is 2.75. The van der Waals surface area contributed by atoms with E-state index in [1.807, 2.05) is 0 Å². The van der Waals surface area contributed by atoms with Gasteiger partial charge in [0.15, 0.2) is 0 Å². The molecule has 1 nitrogen and oxygen atoms in total. The second kappa shape index (κ2) is 4.44. The summed E-state index contributed by atoms with van der Waals surface area (Å²) in [5, 5.41) is 8.80. The zero-order valence-corrected chi connectivity index (χ0v) is 7.66. The van der Waals surface area contributed by atoms with Crippen LogP contribution in [0.1, 0.15) is 6.42 Å². The number of halogens is 7. The molecule has 1 unspecified atom stereocenters. The molecule has 0 aromatic carbocycles. The van der Waals surface area contributed by atoms with Crippen molar-refractivity contribution in [3.63, 3.8) is 0 Å². The Balaban J connectivity index is 5.52. The Morgan fingerprint density at radius 1 is 1.12 bits per heavy atom. The Kier molecular flexibility index (Phi) is 4.15. The van der Waals surface area contributed by atoms with Crippen molar-refractivity contribution < 1.29 is 35.8 Å². The van der Waals surface area contributed by atoms with E-state index in [1.54, 1.807) is 0 Å². The fraction of sp³-hybridized carbons (Fsp3) is 0.500. The van der Waals surface area contributed by atoms with Gasteiger partial charge in [0, 0.05) is 6.42 Å². The monoisotopic (exact) mass is 252 g/mol. The Bertz CT molecular complexity index is 289. The van der Waals surface area contributed by atoms with Crippen molar-refractivity contribution in [1.82, 2.24) is 0 Å². The molecule has 0 rings (SSSR count). The summed E-state index contributed by atoms with van der Waals surface area (Å²) in [6.07, 6.45) is -11.3. The molecule has 94 valence electrons. The van der Waals surface area contributed by atoms with Crippen LogP contribution in [-0.2, 0) is 0 Å². The number of hydrogen-bond donors (Lipinski definition) is 1. The highest BCUT2D eigenvalue weighted by Crippen LogP contribution is 2.45. The SMILES string of the molecule is C=CCC(O)(C(F)(F)F)C(F)(F)C=C(F)F. The van der Waals surface area contributed by atoms with Gasteiger partial charge in [0.2, 0.25) is 5.60 Å². The van der Waals surface area contributed by atoms with E-state index in [9.17, 15) is 30.7 Å². The first-order valence-electron chi connectivity index (χ1n) is 3.79. The van der Waals surface area contributed by atoms with Gasteiger partial charge >= 0.3 is 12.1 Å². The number of aliphatic hydroxyl groups is 1. The minimum absolute atomic E-state index is 0.366. The molecule has 0 aromatic rings. The lowest BCUT2D eigenvalue weighted by molar-refractivity contribution is -0.318. The molecule has 0 aliphatic carbocycles. The molecule has 0 bridgehead atoms. The Morgan fingerprint density at radius 2 is 1.56 bits per heavy atom. The van der Waals surface area contributed by atoms with Crippen LogP contribution >= 0.6 is 0 Å². The van der Waals surface area contributed by atoms with Crippen LogP contribution in [0.25, 0.3) is 0 Å². The molecule has 0 aliphatic rings. The van der Waals surface area contributed by atoms with Gasteiger partial charge in [-0.1, -0.05) is 6.08 Å². The van der Waals surface area contributed by atoms with Gasteiger partial charge in [0.05, 0.1) is 6.08 Å². The second-order valence-corrected chi connectivity index (χ2v) is 2.91. The van der Waals surface area contributed by atoms with E-state index >= 15 is 0 Å². The Hall–Kier alpha value is -1.05. The molecule has 0 saturated carbocycles. The maximum atomic E-state index is 12.8. The number of hydrogen-bond acceptors (Lipinski definition) is 1. The molecule has 1 N–H and O–H groups in total. The van der Waals surface area contributed by atoms with Crippen molar-refractivity contribution in [1.29, 1.82) is 0 Å². The zero-order valence-electron chi connectivity index (χ0n) is 7.66. The van der Waals surface area contributed by atoms with Crippen LogP contribution in [0.2, 0.25) is 0 Å². The highest BCUT2D eigenvalue weighted by atomic mass is 19.4. The predicted octanol–water partition coefficient (Wildman–Crippen LogP) is 3.27. The molecular weight excluding hydrogens is 245 g/mol. The number of alkyl halides is 5. The Morgan fingerprint density at radius 3 is 1.81 bits per heavy atom. The van der Waals surface area contributed by atoms with E-state index in [4.69, 9.17) is 5.11 Å². The summed E-state index contributed by atoms with van der Waals surface area (Å²) in [6, 6.07) is 0. The minimum Gasteiger partial charge on any atom is -0.375 e. The van der Waals surface area contributed by atoms with Crippen molar-refractivity contribution in [3.8, 4) is 0 Å². The largest absolute Gasteiger partial charge is 0.423 e. The van der Waals surface area contributed by atoms with Crippen LogP contribution in [0.4, 0.5) is 30.7 Å². The summed E-state index contributed by atoms with van der Waals surface area (Å²) < 4.78 is 85.4. The zero-order chi connectivity index (χ0) is 13.2. The molecule has 0 aromatic heterocycles. The smallest absolute Gasteiger partial charge is 0.375 e. The van der Waals surface area contributed by atoms with Gasteiger partial charge in [-0.05, 0) is 0 Å². The first-order chi connectivity index (χ1) is 6.98. The van der Waals surface area contributed by atoms with Crippen LogP contribution in [0.3, 0.4) is 0 Å². The minimum atomic E-state index is -5.77. The summed E-state index contributed by atoms with van der Waals surface area (Å²) in [4.78, 5) is 0. The highest BCUT2D eigenvalue weighted by Gasteiger charge is 2.67. The molecular formula is C8H7F7O. The van der Waals surface area contributed by atoms with Crippen LogP contribution in [0.5, 0.6) is 0 Å². The molecule has 0 saturated heterocycles. The molecule has 0 amide bonds. The van der Waals surface area contributed by atoms with Crippen LogP contribution in [0.15, 0.2) is 24.8 Å². The second-order valence-electron chi connectivity index (χ2n) is 2.91. The summed E-state index contributed by atoms with van der Waals surface area (Å²) in [6.45, 7) is 2.75. The van der Waals surface area contributed by atoms with Crippen LogP contribution in [-0.4, -0.2) is 22.8 Å². The Labute approximate surface area is 85.9 Å². The fourth-order valence-electron chi connectivity index (χ4n) is 0.906. The quantitative estimate of drug-likeness (QED) is 0.601. The lowest BCUT2D eigenvalue weighted by atomic mass is 9.91. The molecule has 1 atom stereocenters. The lowest BCUT2D eigenvalue weighted by Gasteiger charge is -2.34. The maximum absolute atomic E-state index is 12.8. The topological polar surface area (TPSA) is 20.2 Å². The summed E-state index contributed by atoms with van der Waals surface area (Å²) in [5.74, 6) is -5.14. The lowest BCUT2D eigenvalue weighted by Crippen LogP contribution is -2.57. The third-order valence-electron chi connectivity index (χ3n) is 1.75. The van der Waals surface area contributed by atoms with Crippen molar-refractivity contribution >= 4 is 0 Å². The van der Waals surface area contributed by atoms with Gasteiger partial charge < -0.3 is 5.11 Å². The fourth-order valence-corrected chi connectivity index (χ4v) is 0.906. The van der Waals surface area contributed by atoms with E-state index in [-0.39, 0.29) is 0 Å². The molecule has 0 spiro atoms. The van der Waals surface area contributed by atoms with Gasteiger partial charge in [-0.2, -0.15) is 30.7 Å². The van der Waals surface area contributed by atoms with E-state index < -0.39 is 36.3 Å². The van der Waals surface area contributed by atoms with E-state index in [2.05, 4.69) is 6.58 Å². The third-order valence-corrected chi connectivity index (χ3v) is 1.75.